The molecule has 0 radical (unpaired) electrons. The van der Waals surface area contributed by atoms with E-state index in [9.17, 15) is 4.79 Å². The zero-order valence-electron chi connectivity index (χ0n) is 10.8. The molecule has 2 fully saturated rings. The van der Waals surface area contributed by atoms with Crippen LogP contribution in [0.3, 0.4) is 0 Å². The first kappa shape index (κ1) is 13.7. The van der Waals surface area contributed by atoms with Crippen molar-refractivity contribution < 1.29 is 9.53 Å². The number of nitrogens with two attached hydrogens (primary N) is 1. The van der Waals surface area contributed by atoms with Gasteiger partial charge in [0.15, 0.2) is 0 Å². The first-order valence-corrected chi connectivity index (χ1v) is 6.92. The van der Waals surface area contributed by atoms with Crippen molar-refractivity contribution in [3.63, 3.8) is 0 Å². The Morgan fingerprint density at radius 1 is 1.33 bits per heavy atom. The van der Waals surface area contributed by atoms with Gasteiger partial charge in [-0.1, -0.05) is 12.2 Å². The number of carbonyl (C=O) groups is 1. The molecule has 2 aliphatic rings. The van der Waals surface area contributed by atoms with E-state index in [1.807, 2.05) is 11.8 Å². The number of nitrogens with zero attached hydrogens (tertiary/aromatic N) is 2. The maximum Gasteiger partial charge on any atom is 0.251 e. The average molecular weight is 271 g/mol. The topological polar surface area (TPSA) is 58.8 Å². The van der Waals surface area contributed by atoms with Crippen LogP contribution in [0.15, 0.2) is 0 Å². The van der Waals surface area contributed by atoms with E-state index in [2.05, 4.69) is 4.90 Å². The Bertz CT molecular complexity index is 329. The first-order chi connectivity index (χ1) is 8.56. The lowest BCUT2D eigenvalue weighted by Gasteiger charge is -2.35. The molecule has 0 spiro atoms. The van der Waals surface area contributed by atoms with E-state index in [1.165, 1.54) is 0 Å². The van der Waals surface area contributed by atoms with E-state index in [-0.39, 0.29) is 18.1 Å². The maximum atomic E-state index is 12.2. The lowest BCUT2D eigenvalue weighted by molar-refractivity contribution is -0.144. The summed E-state index contributed by atoms with van der Waals surface area (Å²) < 4.78 is 5.62. The van der Waals surface area contributed by atoms with Gasteiger partial charge < -0.3 is 15.4 Å². The highest BCUT2D eigenvalue weighted by molar-refractivity contribution is 7.80. The number of ether oxygens (including phenoxy) is 1. The Balaban J connectivity index is 1.79. The third kappa shape index (κ3) is 3.40. The van der Waals surface area contributed by atoms with Crippen molar-refractivity contribution in [1.29, 1.82) is 0 Å². The lowest BCUT2D eigenvalue weighted by Crippen LogP contribution is -2.52. The fourth-order valence-corrected chi connectivity index (χ4v) is 2.72. The minimum absolute atomic E-state index is 0.148. The first-order valence-electron chi connectivity index (χ1n) is 6.51. The van der Waals surface area contributed by atoms with Crippen LogP contribution in [0.4, 0.5) is 0 Å². The van der Waals surface area contributed by atoms with Gasteiger partial charge in [0.05, 0.1) is 11.1 Å². The molecule has 0 aromatic heterocycles. The molecular formula is C12H21N3O2S. The van der Waals surface area contributed by atoms with Crippen LogP contribution < -0.4 is 5.73 Å². The summed E-state index contributed by atoms with van der Waals surface area (Å²) in [6, 6.07) is 0. The number of thiocarbonyl (C=S) groups is 1. The monoisotopic (exact) mass is 271 g/mol. The molecule has 0 aromatic rings. The van der Waals surface area contributed by atoms with E-state index >= 15 is 0 Å². The molecule has 0 bridgehead atoms. The summed E-state index contributed by atoms with van der Waals surface area (Å²) in [6.07, 6.45) is 1.84. The van der Waals surface area contributed by atoms with Crippen LogP contribution >= 0.6 is 12.2 Å². The van der Waals surface area contributed by atoms with Crippen LogP contribution in [-0.2, 0) is 9.53 Å². The molecule has 102 valence electrons. The van der Waals surface area contributed by atoms with E-state index in [1.54, 1.807) is 0 Å². The van der Waals surface area contributed by atoms with Crippen molar-refractivity contribution in [3.8, 4) is 0 Å². The predicted molar refractivity (Wildman–Crippen MR) is 73.4 cm³/mol. The van der Waals surface area contributed by atoms with E-state index in [0.29, 0.717) is 11.5 Å². The molecule has 0 saturated carbocycles. The maximum absolute atomic E-state index is 12.2. The van der Waals surface area contributed by atoms with E-state index < -0.39 is 0 Å². The Kier molecular flexibility index (Phi) is 4.53. The van der Waals surface area contributed by atoms with Crippen LogP contribution in [0.5, 0.6) is 0 Å². The van der Waals surface area contributed by atoms with Crippen molar-refractivity contribution in [1.82, 2.24) is 9.80 Å². The third-order valence-corrected chi connectivity index (χ3v) is 3.70. The van der Waals surface area contributed by atoms with Crippen molar-refractivity contribution >= 4 is 23.1 Å². The number of carbonyl (C=O) groups excluding carboxylic acids is 1. The quantitative estimate of drug-likeness (QED) is 0.731. The van der Waals surface area contributed by atoms with Gasteiger partial charge in [0.2, 0.25) is 0 Å². The predicted octanol–water partition coefficient (Wildman–Crippen LogP) is -0.0158. The molecule has 2 N–H and O–H groups in total. The molecule has 6 heteroatoms. The molecular weight excluding hydrogens is 250 g/mol. The molecule has 2 rings (SSSR count). The summed E-state index contributed by atoms with van der Waals surface area (Å²) in [5.41, 5.74) is 5.52. The highest BCUT2D eigenvalue weighted by Crippen LogP contribution is 2.21. The standard InChI is InChI=1S/C12H21N3O2S/c1-9-2-3-10(17-9)12(16)15-6-4-14(5-7-15)8-11(13)18/h9-10H,2-8H2,1H3,(H2,13,18). The molecule has 2 aliphatic heterocycles. The molecule has 2 unspecified atom stereocenters. The minimum Gasteiger partial charge on any atom is -0.392 e. The largest absolute Gasteiger partial charge is 0.392 e. The zero-order chi connectivity index (χ0) is 13.1. The lowest BCUT2D eigenvalue weighted by atomic mass is 10.2. The SMILES string of the molecule is CC1CCC(C(=O)N2CCN(CC(N)=S)CC2)O1. The van der Waals surface area contributed by atoms with Crippen LogP contribution in [0.25, 0.3) is 0 Å². The van der Waals surface area contributed by atoms with Crippen molar-refractivity contribution in [3.05, 3.63) is 0 Å². The van der Waals surface area contributed by atoms with Gasteiger partial charge in [-0.2, -0.15) is 0 Å². The molecule has 2 saturated heterocycles. The summed E-state index contributed by atoms with van der Waals surface area (Å²) >= 11 is 4.89. The van der Waals surface area contributed by atoms with Gasteiger partial charge in [-0.15, -0.1) is 0 Å². The van der Waals surface area contributed by atoms with Gasteiger partial charge >= 0.3 is 0 Å². The highest BCUT2D eigenvalue weighted by Gasteiger charge is 2.32. The second kappa shape index (κ2) is 5.95. The normalized spacial score (nSPS) is 29.5. The summed E-state index contributed by atoms with van der Waals surface area (Å²) in [6.45, 7) is 5.84. The molecule has 1 amide bonds. The van der Waals surface area contributed by atoms with Gasteiger partial charge in [-0.3, -0.25) is 9.69 Å². The molecule has 5 nitrogen and oxygen atoms in total. The van der Waals surface area contributed by atoms with Crippen molar-refractivity contribution in [2.75, 3.05) is 32.7 Å². The Morgan fingerprint density at radius 2 is 2.00 bits per heavy atom. The smallest absolute Gasteiger partial charge is 0.251 e. The van der Waals surface area contributed by atoms with Crippen molar-refractivity contribution in [2.24, 2.45) is 5.73 Å². The fraction of sp³-hybridized carbons (Fsp3) is 0.833. The number of hydrogen-bond acceptors (Lipinski definition) is 4. The number of piperazine rings is 1. The Morgan fingerprint density at radius 3 is 2.50 bits per heavy atom. The summed E-state index contributed by atoms with van der Waals surface area (Å²) in [5.74, 6) is 0.148. The van der Waals surface area contributed by atoms with Gasteiger partial charge in [0.1, 0.15) is 6.10 Å². The molecule has 18 heavy (non-hydrogen) atoms. The van der Waals surface area contributed by atoms with E-state index in [4.69, 9.17) is 22.7 Å². The molecule has 2 heterocycles. The second-order valence-electron chi connectivity index (χ2n) is 5.08. The Hall–Kier alpha value is -0.720. The highest BCUT2D eigenvalue weighted by atomic mass is 32.1. The number of hydrogen-bond donors (Lipinski definition) is 1. The molecule has 0 aromatic carbocycles. The minimum atomic E-state index is -0.220. The number of rotatable bonds is 3. The number of amides is 1. The molecule has 2 atom stereocenters. The van der Waals surface area contributed by atoms with Crippen LogP contribution in [0, 0.1) is 0 Å². The van der Waals surface area contributed by atoms with Gasteiger partial charge in [0, 0.05) is 32.7 Å². The summed E-state index contributed by atoms with van der Waals surface area (Å²) in [4.78, 5) is 16.8. The summed E-state index contributed by atoms with van der Waals surface area (Å²) in [7, 11) is 0. The summed E-state index contributed by atoms with van der Waals surface area (Å²) in [5, 5.41) is 0. The van der Waals surface area contributed by atoms with Gasteiger partial charge in [0.25, 0.3) is 5.91 Å². The van der Waals surface area contributed by atoms with Crippen LogP contribution in [0.2, 0.25) is 0 Å². The van der Waals surface area contributed by atoms with E-state index in [0.717, 1.165) is 39.0 Å². The average Bonchev–Trinajstić information content (AvgIpc) is 2.75. The van der Waals surface area contributed by atoms with Crippen molar-refractivity contribution in [2.45, 2.75) is 32.0 Å². The zero-order valence-corrected chi connectivity index (χ0v) is 11.6. The molecule has 0 aliphatic carbocycles. The van der Waals surface area contributed by atoms with Gasteiger partial charge in [-0.05, 0) is 19.8 Å². The van der Waals surface area contributed by atoms with Crippen LogP contribution in [-0.4, -0.2) is 65.6 Å². The third-order valence-electron chi connectivity index (χ3n) is 3.57. The Labute approximate surface area is 113 Å². The second-order valence-corrected chi connectivity index (χ2v) is 5.60. The fourth-order valence-electron chi connectivity index (χ4n) is 2.53. The van der Waals surface area contributed by atoms with Gasteiger partial charge in [-0.25, -0.2) is 0 Å². The van der Waals surface area contributed by atoms with Crippen LogP contribution in [0.1, 0.15) is 19.8 Å².